The summed E-state index contributed by atoms with van der Waals surface area (Å²) in [6.45, 7) is 0. The molecule has 108 valence electrons. The summed E-state index contributed by atoms with van der Waals surface area (Å²) in [6.07, 6.45) is 8.86. The molecule has 0 bridgehead atoms. The van der Waals surface area contributed by atoms with Crippen LogP contribution in [-0.4, -0.2) is 39.2 Å². The lowest BCUT2D eigenvalue weighted by atomic mass is 9.90. The van der Waals surface area contributed by atoms with Crippen molar-refractivity contribution in [1.29, 1.82) is 0 Å². The van der Waals surface area contributed by atoms with Gasteiger partial charge >= 0.3 is 11.9 Å². The van der Waals surface area contributed by atoms with Crippen molar-refractivity contribution in [3.05, 3.63) is 36.2 Å². The second-order valence-electron chi connectivity index (χ2n) is 4.97. The Morgan fingerprint density at radius 2 is 2.10 bits per heavy atom. The fourth-order valence-electron chi connectivity index (χ4n) is 2.58. The third-order valence-corrected chi connectivity index (χ3v) is 3.61. The van der Waals surface area contributed by atoms with Gasteiger partial charge in [-0.05, 0) is 37.3 Å². The van der Waals surface area contributed by atoms with Gasteiger partial charge in [0.1, 0.15) is 11.7 Å². The number of aliphatic carboxylic acids is 1. The highest BCUT2D eigenvalue weighted by atomic mass is 16.4. The lowest BCUT2D eigenvalue weighted by Gasteiger charge is -2.18. The van der Waals surface area contributed by atoms with Crippen molar-refractivity contribution in [2.24, 2.45) is 5.92 Å². The number of nitrogens with one attached hydrogen (secondary N) is 2. The Bertz CT molecular complexity index is 495. The van der Waals surface area contributed by atoms with E-state index in [-0.39, 0.29) is 11.7 Å². The van der Waals surface area contributed by atoms with Gasteiger partial charge in [0.15, 0.2) is 0 Å². The Balaban J connectivity index is 0.000000160. The Morgan fingerprint density at radius 3 is 2.60 bits per heavy atom. The van der Waals surface area contributed by atoms with Crippen LogP contribution >= 0.6 is 0 Å². The molecule has 0 amide bonds. The first-order valence-electron chi connectivity index (χ1n) is 6.60. The molecular weight excluding hydrogens is 260 g/mol. The van der Waals surface area contributed by atoms with Crippen LogP contribution in [0.15, 0.2) is 30.5 Å². The van der Waals surface area contributed by atoms with E-state index in [1.807, 2.05) is 0 Å². The van der Waals surface area contributed by atoms with Gasteiger partial charge in [0.25, 0.3) is 0 Å². The number of carbonyl (C=O) groups is 2. The first kappa shape index (κ1) is 14.3. The number of aromatic carboxylic acids is 1. The third kappa shape index (κ3) is 3.48. The van der Waals surface area contributed by atoms with Gasteiger partial charge in [-0.25, -0.2) is 4.79 Å². The van der Waals surface area contributed by atoms with Crippen LogP contribution < -0.4 is 5.32 Å². The van der Waals surface area contributed by atoms with Gasteiger partial charge in [-0.2, -0.15) is 0 Å². The summed E-state index contributed by atoms with van der Waals surface area (Å²) < 4.78 is 0. The molecular formula is C14H18N2O4. The fraction of sp³-hybridized carbons (Fsp3) is 0.429. The van der Waals surface area contributed by atoms with Crippen LogP contribution in [0.4, 0.5) is 0 Å². The molecule has 6 heteroatoms. The van der Waals surface area contributed by atoms with Gasteiger partial charge in [0.05, 0.1) is 0 Å². The number of aromatic amines is 1. The summed E-state index contributed by atoms with van der Waals surface area (Å²) in [4.78, 5) is 23.2. The highest BCUT2D eigenvalue weighted by Gasteiger charge is 2.36. The monoisotopic (exact) mass is 278 g/mol. The first-order valence-corrected chi connectivity index (χ1v) is 6.60. The van der Waals surface area contributed by atoms with Crippen molar-refractivity contribution in [1.82, 2.24) is 10.3 Å². The number of carboxylic acid groups (broad SMARTS) is 2. The lowest BCUT2D eigenvalue weighted by molar-refractivity contribution is -0.139. The van der Waals surface area contributed by atoms with E-state index >= 15 is 0 Å². The van der Waals surface area contributed by atoms with E-state index in [9.17, 15) is 9.59 Å². The molecule has 3 unspecified atom stereocenters. The molecule has 1 fully saturated rings. The highest BCUT2D eigenvalue weighted by Crippen LogP contribution is 2.29. The van der Waals surface area contributed by atoms with Gasteiger partial charge in [0.2, 0.25) is 0 Å². The number of hydrogen-bond acceptors (Lipinski definition) is 3. The standard InChI is InChI=1S/C9H13NO2.C5H5NO2/c11-9(12)8-5-6-3-1-2-4-7(6)10-8;7-5(8)4-2-1-3-6-4/h2,4,6-8,10H,1,3,5H2,(H,11,12);1-3,6H,(H,7,8). The molecule has 6 nitrogen and oxygen atoms in total. The van der Waals surface area contributed by atoms with E-state index in [2.05, 4.69) is 22.5 Å². The summed E-state index contributed by atoms with van der Waals surface area (Å²) >= 11 is 0. The maximum Gasteiger partial charge on any atom is 0.352 e. The van der Waals surface area contributed by atoms with E-state index in [4.69, 9.17) is 10.2 Å². The molecule has 0 saturated carbocycles. The van der Waals surface area contributed by atoms with Crippen molar-refractivity contribution >= 4 is 11.9 Å². The molecule has 20 heavy (non-hydrogen) atoms. The SMILES string of the molecule is O=C(O)C1CC2CCC=CC2N1.O=C(O)c1ccc[nH]1. The summed E-state index contributed by atoms with van der Waals surface area (Å²) in [6, 6.07) is 3.15. The number of fused-ring (bicyclic) bond motifs is 1. The number of hydrogen-bond donors (Lipinski definition) is 4. The zero-order valence-corrected chi connectivity index (χ0v) is 11.0. The minimum absolute atomic E-state index is 0.227. The second-order valence-corrected chi connectivity index (χ2v) is 4.97. The Hall–Kier alpha value is -2.08. The lowest BCUT2D eigenvalue weighted by Crippen LogP contribution is -2.35. The van der Waals surface area contributed by atoms with Crippen LogP contribution in [0, 0.1) is 5.92 Å². The second kappa shape index (κ2) is 6.38. The van der Waals surface area contributed by atoms with E-state index in [1.54, 1.807) is 12.3 Å². The van der Waals surface area contributed by atoms with Crippen molar-refractivity contribution in [2.75, 3.05) is 0 Å². The van der Waals surface area contributed by atoms with Crippen LogP contribution in [0.25, 0.3) is 0 Å². The highest BCUT2D eigenvalue weighted by molar-refractivity contribution is 5.85. The van der Waals surface area contributed by atoms with Crippen molar-refractivity contribution in [2.45, 2.75) is 31.3 Å². The number of rotatable bonds is 2. The smallest absolute Gasteiger partial charge is 0.352 e. The van der Waals surface area contributed by atoms with E-state index in [0.29, 0.717) is 12.0 Å². The van der Waals surface area contributed by atoms with Crippen LogP contribution in [-0.2, 0) is 4.79 Å². The van der Waals surface area contributed by atoms with Crippen molar-refractivity contribution in [3.8, 4) is 0 Å². The fourth-order valence-corrected chi connectivity index (χ4v) is 2.58. The number of aromatic nitrogens is 1. The predicted octanol–water partition coefficient (Wildman–Crippen LogP) is 1.48. The minimum atomic E-state index is -0.921. The van der Waals surface area contributed by atoms with E-state index in [1.165, 1.54) is 6.07 Å². The zero-order chi connectivity index (χ0) is 14.5. The summed E-state index contributed by atoms with van der Waals surface area (Å²) in [7, 11) is 0. The van der Waals surface area contributed by atoms with Crippen LogP contribution in [0.1, 0.15) is 29.8 Å². The molecule has 0 radical (unpaired) electrons. The maximum absolute atomic E-state index is 10.7. The molecule has 1 aromatic heterocycles. The molecule has 3 rings (SSSR count). The van der Waals surface area contributed by atoms with Gasteiger partial charge in [0, 0.05) is 12.2 Å². The predicted molar refractivity (Wildman–Crippen MR) is 72.6 cm³/mol. The van der Waals surface area contributed by atoms with E-state index in [0.717, 1.165) is 19.3 Å². The molecule has 1 aliphatic carbocycles. The van der Waals surface area contributed by atoms with Gasteiger partial charge in [-0.3, -0.25) is 10.1 Å². The minimum Gasteiger partial charge on any atom is -0.480 e. The quantitative estimate of drug-likeness (QED) is 0.614. The van der Waals surface area contributed by atoms with E-state index < -0.39 is 11.9 Å². The first-order chi connectivity index (χ1) is 9.58. The largest absolute Gasteiger partial charge is 0.480 e. The molecule has 0 aromatic carbocycles. The number of carboxylic acids is 2. The summed E-state index contributed by atoms with van der Waals surface area (Å²) in [5.74, 6) is -1.08. The average molecular weight is 278 g/mol. The molecule has 1 aliphatic heterocycles. The Morgan fingerprint density at radius 1 is 1.30 bits per heavy atom. The topological polar surface area (TPSA) is 102 Å². The summed E-state index contributed by atoms with van der Waals surface area (Å²) in [5.41, 5.74) is 0.227. The normalized spacial score (nSPS) is 27.3. The van der Waals surface area contributed by atoms with Crippen LogP contribution in [0.3, 0.4) is 0 Å². The van der Waals surface area contributed by atoms with Crippen LogP contribution in [0.5, 0.6) is 0 Å². The number of H-pyrrole nitrogens is 1. The van der Waals surface area contributed by atoms with Gasteiger partial charge in [-0.15, -0.1) is 0 Å². The third-order valence-electron chi connectivity index (χ3n) is 3.61. The average Bonchev–Trinajstić information content (AvgIpc) is 3.08. The molecule has 1 saturated heterocycles. The van der Waals surface area contributed by atoms with Crippen molar-refractivity contribution in [3.63, 3.8) is 0 Å². The molecule has 1 aromatic rings. The Kier molecular flexibility index (Phi) is 4.57. The molecule has 0 spiro atoms. The zero-order valence-electron chi connectivity index (χ0n) is 11.0. The summed E-state index contributed by atoms with van der Waals surface area (Å²) in [5, 5.41) is 20.1. The van der Waals surface area contributed by atoms with Crippen molar-refractivity contribution < 1.29 is 19.8 Å². The van der Waals surface area contributed by atoms with Crippen LogP contribution in [0.2, 0.25) is 0 Å². The maximum atomic E-state index is 10.7. The van der Waals surface area contributed by atoms with Gasteiger partial charge in [-0.1, -0.05) is 12.2 Å². The number of allylic oxidation sites excluding steroid dienone is 1. The molecule has 2 aliphatic rings. The Labute approximate surface area is 116 Å². The molecule has 3 atom stereocenters. The van der Waals surface area contributed by atoms with Gasteiger partial charge < -0.3 is 15.2 Å². The molecule has 4 N–H and O–H groups in total. The molecule has 2 heterocycles.